The van der Waals surface area contributed by atoms with Gasteiger partial charge in [-0.1, -0.05) is 74.1 Å². The first-order chi connectivity index (χ1) is 20.6. The molecule has 2 aromatic heterocycles. The number of nitrogens with one attached hydrogen (secondary N) is 1. The molecule has 3 N–H and O–H groups in total. The SMILES string of the molecule is CCN(CC)CCCl.CCN(CC)CCNc1ccn(-c2ccc(Cl)c(Cl)c2)n1.Nc1ccn(-c2ccc(Cl)c(Cl)c2)n1. The van der Waals surface area contributed by atoms with Gasteiger partial charge < -0.3 is 20.9 Å². The van der Waals surface area contributed by atoms with Gasteiger partial charge >= 0.3 is 0 Å². The molecule has 13 heteroatoms. The van der Waals surface area contributed by atoms with Crippen LogP contribution in [0, 0.1) is 0 Å². The van der Waals surface area contributed by atoms with Crippen molar-refractivity contribution in [2.75, 3.05) is 62.7 Å². The number of anilines is 2. The minimum Gasteiger partial charge on any atom is -0.382 e. The van der Waals surface area contributed by atoms with Gasteiger partial charge in [0.2, 0.25) is 0 Å². The first-order valence-corrected chi connectivity index (χ1v) is 16.2. The van der Waals surface area contributed by atoms with Crippen molar-refractivity contribution in [3.63, 3.8) is 0 Å². The van der Waals surface area contributed by atoms with Crippen LogP contribution < -0.4 is 11.1 Å². The molecule has 236 valence electrons. The third-order valence-electron chi connectivity index (χ3n) is 6.46. The van der Waals surface area contributed by atoms with Crippen LogP contribution in [-0.4, -0.2) is 81.1 Å². The zero-order valence-corrected chi connectivity index (χ0v) is 28.9. The summed E-state index contributed by atoms with van der Waals surface area (Å²) in [5, 5.41) is 14.0. The van der Waals surface area contributed by atoms with E-state index in [1.165, 1.54) is 0 Å². The molecule has 0 bridgehead atoms. The van der Waals surface area contributed by atoms with Gasteiger partial charge in [0, 0.05) is 50.0 Å². The van der Waals surface area contributed by atoms with Crippen LogP contribution in [-0.2, 0) is 0 Å². The first-order valence-electron chi connectivity index (χ1n) is 14.2. The molecule has 0 fully saturated rings. The Bertz CT molecular complexity index is 1350. The van der Waals surface area contributed by atoms with Crippen molar-refractivity contribution in [1.82, 2.24) is 29.4 Å². The minimum atomic E-state index is 0.469. The largest absolute Gasteiger partial charge is 0.382 e. The summed E-state index contributed by atoms with van der Waals surface area (Å²) in [6.07, 6.45) is 3.66. The molecule has 0 amide bonds. The van der Waals surface area contributed by atoms with Crippen molar-refractivity contribution in [3.05, 3.63) is 81.0 Å². The molecule has 0 aliphatic heterocycles. The maximum absolute atomic E-state index is 6.03. The fraction of sp³-hybridized carbons (Fsp3) is 0.400. The molecule has 0 aliphatic rings. The second kappa shape index (κ2) is 20.0. The summed E-state index contributed by atoms with van der Waals surface area (Å²) in [5.74, 6) is 2.08. The van der Waals surface area contributed by atoms with Gasteiger partial charge in [-0.05, 0) is 62.6 Å². The number of rotatable bonds is 12. The van der Waals surface area contributed by atoms with Crippen molar-refractivity contribution in [3.8, 4) is 11.4 Å². The molecule has 43 heavy (non-hydrogen) atoms. The van der Waals surface area contributed by atoms with Crippen molar-refractivity contribution in [2.24, 2.45) is 0 Å². The molecule has 4 aromatic rings. The molecular weight excluding hydrogens is 650 g/mol. The standard InChI is InChI=1S/C15H20Cl2N4.C9H7Cl2N3.C6H14ClN/c1-3-20(4-2)10-8-18-15-7-9-21(19-15)12-5-6-13(16)14(17)11-12;10-7-2-1-6(5-8(7)11)14-4-3-9(12)13-14;1-3-8(4-2)6-5-7/h5-7,9,11H,3-4,8,10H2,1-2H3,(H,18,19);1-5H,(H2,12,13);3-6H2,1-2H3. The number of nitrogens with zero attached hydrogens (tertiary/aromatic N) is 6. The molecule has 2 aromatic carbocycles. The normalized spacial score (nSPS) is 10.8. The molecule has 0 atom stereocenters. The number of nitrogen functional groups attached to an aromatic ring is 1. The van der Waals surface area contributed by atoms with E-state index in [0.29, 0.717) is 25.9 Å². The third-order valence-corrected chi connectivity index (χ3v) is 8.11. The predicted octanol–water partition coefficient (Wildman–Crippen LogP) is 8.26. The van der Waals surface area contributed by atoms with E-state index in [1.807, 2.05) is 24.4 Å². The Balaban J connectivity index is 0.000000252. The monoisotopic (exact) mass is 688 g/mol. The summed E-state index contributed by atoms with van der Waals surface area (Å²) in [5.41, 5.74) is 7.21. The highest BCUT2D eigenvalue weighted by atomic mass is 35.5. The first kappa shape index (κ1) is 37.0. The Labute approximate surface area is 280 Å². The second-order valence-electron chi connectivity index (χ2n) is 9.20. The molecule has 0 saturated heterocycles. The van der Waals surface area contributed by atoms with Crippen LogP contribution in [0.4, 0.5) is 11.6 Å². The van der Waals surface area contributed by atoms with E-state index < -0.39 is 0 Å². The number of halogens is 5. The number of aromatic nitrogens is 4. The minimum absolute atomic E-state index is 0.469. The molecule has 0 spiro atoms. The lowest BCUT2D eigenvalue weighted by Gasteiger charge is -2.17. The highest BCUT2D eigenvalue weighted by Crippen LogP contribution is 2.25. The van der Waals surface area contributed by atoms with E-state index in [0.717, 1.165) is 68.9 Å². The lowest BCUT2D eigenvalue weighted by Crippen LogP contribution is -2.28. The van der Waals surface area contributed by atoms with Gasteiger partial charge in [-0.2, -0.15) is 10.2 Å². The molecule has 8 nitrogen and oxygen atoms in total. The van der Waals surface area contributed by atoms with E-state index >= 15 is 0 Å². The molecule has 0 radical (unpaired) electrons. The van der Waals surface area contributed by atoms with E-state index in [-0.39, 0.29) is 0 Å². The maximum Gasteiger partial charge on any atom is 0.148 e. The number of hydrogen-bond donors (Lipinski definition) is 2. The number of nitrogens with two attached hydrogens (primary N) is 1. The number of likely N-dealkylation sites (N-methyl/N-ethyl adjacent to an activating group) is 1. The van der Waals surface area contributed by atoms with Crippen LogP contribution >= 0.6 is 58.0 Å². The third kappa shape index (κ3) is 12.8. The second-order valence-corrected chi connectivity index (χ2v) is 11.2. The Morgan fingerprint density at radius 2 is 1.16 bits per heavy atom. The Morgan fingerprint density at radius 3 is 1.58 bits per heavy atom. The van der Waals surface area contributed by atoms with Crippen LogP contribution in [0.3, 0.4) is 0 Å². The fourth-order valence-electron chi connectivity index (χ4n) is 3.84. The highest BCUT2D eigenvalue weighted by molar-refractivity contribution is 6.42. The highest BCUT2D eigenvalue weighted by Gasteiger charge is 2.05. The van der Waals surface area contributed by atoms with Crippen molar-refractivity contribution in [2.45, 2.75) is 27.7 Å². The lowest BCUT2D eigenvalue weighted by atomic mass is 10.3. The predicted molar refractivity (Wildman–Crippen MR) is 186 cm³/mol. The Morgan fingerprint density at radius 1 is 0.674 bits per heavy atom. The molecule has 0 aliphatic carbocycles. The van der Waals surface area contributed by atoms with Gasteiger partial charge in [-0.3, -0.25) is 0 Å². The Kier molecular flexibility index (Phi) is 17.2. The summed E-state index contributed by atoms with van der Waals surface area (Å²) >= 11 is 29.1. The van der Waals surface area contributed by atoms with Gasteiger partial charge in [0.1, 0.15) is 11.6 Å². The smallest absolute Gasteiger partial charge is 0.148 e. The summed E-state index contributed by atoms with van der Waals surface area (Å²) in [6, 6.07) is 14.4. The maximum atomic E-state index is 6.03. The van der Waals surface area contributed by atoms with Crippen LogP contribution in [0.15, 0.2) is 60.9 Å². The van der Waals surface area contributed by atoms with Gasteiger partial charge in [0.25, 0.3) is 0 Å². The van der Waals surface area contributed by atoms with Gasteiger partial charge in [-0.25, -0.2) is 9.36 Å². The average Bonchev–Trinajstić information content (AvgIpc) is 3.67. The van der Waals surface area contributed by atoms with E-state index in [4.69, 9.17) is 63.7 Å². The summed E-state index contributed by atoms with van der Waals surface area (Å²) in [7, 11) is 0. The fourth-order valence-corrected chi connectivity index (χ4v) is 4.66. The molecule has 0 saturated carbocycles. The quantitative estimate of drug-likeness (QED) is 0.146. The summed E-state index contributed by atoms with van der Waals surface area (Å²) in [6.45, 7) is 15.9. The number of alkyl halides is 1. The van der Waals surface area contributed by atoms with Gasteiger partial charge in [0.15, 0.2) is 0 Å². The average molecular weight is 691 g/mol. The number of benzene rings is 2. The molecule has 2 heterocycles. The van der Waals surface area contributed by atoms with Crippen molar-refractivity contribution < 1.29 is 0 Å². The van der Waals surface area contributed by atoms with E-state index in [1.54, 1.807) is 45.9 Å². The van der Waals surface area contributed by atoms with E-state index in [9.17, 15) is 0 Å². The van der Waals surface area contributed by atoms with Crippen molar-refractivity contribution in [1.29, 1.82) is 0 Å². The zero-order valence-electron chi connectivity index (χ0n) is 25.1. The molecule has 0 unspecified atom stereocenters. The van der Waals surface area contributed by atoms with Gasteiger partial charge in [-0.15, -0.1) is 11.6 Å². The molecule has 4 rings (SSSR count). The zero-order chi connectivity index (χ0) is 31.8. The van der Waals surface area contributed by atoms with Crippen LogP contribution in [0.2, 0.25) is 20.1 Å². The van der Waals surface area contributed by atoms with Crippen LogP contribution in [0.1, 0.15) is 27.7 Å². The van der Waals surface area contributed by atoms with Gasteiger partial charge in [0.05, 0.1) is 31.5 Å². The van der Waals surface area contributed by atoms with Crippen molar-refractivity contribution >= 4 is 69.6 Å². The number of hydrogen-bond acceptors (Lipinski definition) is 6. The summed E-state index contributed by atoms with van der Waals surface area (Å²) in [4.78, 5) is 4.66. The lowest BCUT2D eigenvalue weighted by molar-refractivity contribution is 0.316. The molecular formula is C30H41Cl5N8. The van der Waals surface area contributed by atoms with Crippen LogP contribution in [0.5, 0.6) is 0 Å². The topological polar surface area (TPSA) is 80.2 Å². The van der Waals surface area contributed by atoms with E-state index in [2.05, 4.69) is 53.0 Å². The summed E-state index contributed by atoms with van der Waals surface area (Å²) < 4.78 is 3.42. The Hall–Kier alpha value is -2.17. The van der Waals surface area contributed by atoms with Crippen LogP contribution in [0.25, 0.3) is 11.4 Å².